The number of para-hydroxylation sites is 1. The van der Waals surface area contributed by atoms with Crippen LogP contribution in [-0.4, -0.2) is 29.7 Å². The van der Waals surface area contributed by atoms with E-state index in [1.165, 1.54) is 16.7 Å². The number of piperidine rings is 1. The summed E-state index contributed by atoms with van der Waals surface area (Å²) in [5.74, 6) is 1.70. The number of nitrogens with zero attached hydrogens (tertiary/aromatic N) is 1. The molecule has 26 heavy (non-hydrogen) atoms. The Morgan fingerprint density at radius 1 is 0.962 bits per heavy atom. The second kappa shape index (κ2) is 6.40. The second-order valence-electron chi connectivity index (χ2n) is 8.02. The van der Waals surface area contributed by atoms with E-state index >= 15 is 0 Å². The summed E-state index contributed by atoms with van der Waals surface area (Å²) in [6.07, 6.45) is 6.24. The van der Waals surface area contributed by atoms with Gasteiger partial charge in [0.1, 0.15) is 11.5 Å². The van der Waals surface area contributed by atoms with Crippen LogP contribution in [-0.2, 0) is 18.6 Å². The smallest absolute Gasteiger partial charge is 0.145 e. The molecule has 2 aliphatic heterocycles. The van der Waals surface area contributed by atoms with Crippen molar-refractivity contribution >= 4 is 0 Å². The molecule has 1 unspecified atom stereocenters. The summed E-state index contributed by atoms with van der Waals surface area (Å²) in [6.45, 7) is 2.73. The van der Waals surface area contributed by atoms with Gasteiger partial charge in [-0.15, -0.1) is 0 Å². The van der Waals surface area contributed by atoms with Gasteiger partial charge in [0, 0.05) is 18.7 Å². The summed E-state index contributed by atoms with van der Waals surface area (Å²) in [4.78, 5) is 2.31. The molecule has 2 heterocycles. The van der Waals surface area contributed by atoms with Gasteiger partial charge in [-0.25, -0.2) is 0 Å². The van der Waals surface area contributed by atoms with Crippen molar-refractivity contribution in [2.75, 3.05) is 19.7 Å². The molecule has 0 spiro atoms. The van der Waals surface area contributed by atoms with Crippen LogP contribution < -0.4 is 4.74 Å². The van der Waals surface area contributed by atoms with Gasteiger partial charge < -0.3 is 9.84 Å². The fourth-order valence-electron chi connectivity index (χ4n) is 5.20. The molecule has 3 nitrogen and oxygen atoms in total. The van der Waals surface area contributed by atoms with Crippen molar-refractivity contribution < 1.29 is 9.84 Å². The Bertz CT molecular complexity index is 810. The molecular formula is C23H27NO2. The van der Waals surface area contributed by atoms with E-state index in [9.17, 15) is 5.11 Å². The molecule has 1 N–H and O–H groups in total. The van der Waals surface area contributed by atoms with Gasteiger partial charge >= 0.3 is 0 Å². The molecule has 3 aliphatic rings. The topological polar surface area (TPSA) is 32.7 Å². The van der Waals surface area contributed by atoms with Gasteiger partial charge in [-0.2, -0.15) is 0 Å². The minimum Gasteiger partial charge on any atom is -0.493 e. The molecule has 1 fully saturated rings. The molecule has 136 valence electrons. The number of aryl methyl sites for hydroxylation is 2. The molecule has 2 aromatic rings. The number of hydrogen-bond donors (Lipinski definition) is 1. The molecule has 0 aromatic heterocycles. The first kappa shape index (κ1) is 16.3. The van der Waals surface area contributed by atoms with Crippen molar-refractivity contribution in [2.45, 2.75) is 50.2 Å². The SMILES string of the molecule is OC1(N2CCC(c3cccc4c3OCCC4)CC2)CCc2ccccc21. The van der Waals surface area contributed by atoms with Gasteiger partial charge in [-0.05, 0) is 61.1 Å². The molecule has 0 amide bonds. The number of aliphatic hydroxyl groups is 1. The van der Waals surface area contributed by atoms with Crippen molar-refractivity contribution in [3.8, 4) is 5.75 Å². The quantitative estimate of drug-likeness (QED) is 0.890. The van der Waals surface area contributed by atoms with E-state index in [4.69, 9.17) is 4.74 Å². The van der Waals surface area contributed by atoms with Crippen molar-refractivity contribution in [2.24, 2.45) is 0 Å². The molecule has 2 aromatic carbocycles. The Morgan fingerprint density at radius 2 is 1.77 bits per heavy atom. The van der Waals surface area contributed by atoms with Crippen LogP contribution in [0.25, 0.3) is 0 Å². The molecule has 1 atom stereocenters. The monoisotopic (exact) mass is 349 g/mol. The van der Waals surface area contributed by atoms with E-state index in [1.54, 1.807) is 0 Å². The van der Waals surface area contributed by atoms with E-state index in [2.05, 4.69) is 47.4 Å². The molecule has 0 saturated carbocycles. The molecule has 5 rings (SSSR count). The summed E-state index contributed by atoms with van der Waals surface area (Å²) >= 11 is 0. The molecule has 3 heteroatoms. The van der Waals surface area contributed by atoms with E-state index in [-0.39, 0.29) is 0 Å². The maximum absolute atomic E-state index is 11.4. The fourth-order valence-corrected chi connectivity index (χ4v) is 5.20. The number of hydrogen-bond acceptors (Lipinski definition) is 3. The van der Waals surface area contributed by atoms with Crippen molar-refractivity contribution in [3.05, 3.63) is 64.7 Å². The maximum atomic E-state index is 11.4. The van der Waals surface area contributed by atoms with Crippen LogP contribution in [0.3, 0.4) is 0 Å². The average molecular weight is 349 g/mol. The lowest BCUT2D eigenvalue weighted by Gasteiger charge is -2.42. The Morgan fingerprint density at radius 3 is 2.65 bits per heavy atom. The highest BCUT2D eigenvalue weighted by molar-refractivity contribution is 5.45. The Labute approximate surface area is 155 Å². The van der Waals surface area contributed by atoms with Gasteiger partial charge in [0.05, 0.1) is 6.61 Å². The van der Waals surface area contributed by atoms with Crippen LogP contribution in [0, 0.1) is 0 Å². The minimum atomic E-state index is -0.770. The van der Waals surface area contributed by atoms with Crippen LogP contribution >= 0.6 is 0 Å². The third kappa shape index (κ3) is 2.57. The number of ether oxygens (including phenoxy) is 1. The van der Waals surface area contributed by atoms with Gasteiger partial charge in [0.15, 0.2) is 0 Å². The Kier molecular flexibility index (Phi) is 4.02. The minimum absolute atomic E-state index is 0.541. The first-order chi connectivity index (χ1) is 12.8. The highest BCUT2D eigenvalue weighted by Crippen LogP contribution is 2.44. The predicted octanol–water partition coefficient (Wildman–Crippen LogP) is 3.98. The zero-order valence-corrected chi connectivity index (χ0v) is 15.3. The van der Waals surface area contributed by atoms with Crippen molar-refractivity contribution in [1.29, 1.82) is 0 Å². The Balaban J connectivity index is 1.35. The van der Waals surface area contributed by atoms with E-state index in [0.29, 0.717) is 5.92 Å². The zero-order valence-electron chi connectivity index (χ0n) is 15.3. The van der Waals surface area contributed by atoms with E-state index in [0.717, 1.165) is 69.5 Å². The first-order valence-corrected chi connectivity index (χ1v) is 10.1. The predicted molar refractivity (Wildman–Crippen MR) is 102 cm³/mol. The normalized spacial score (nSPS) is 26.2. The lowest BCUT2D eigenvalue weighted by Crippen LogP contribution is -2.48. The van der Waals surface area contributed by atoms with Crippen LogP contribution in [0.15, 0.2) is 42.5 Å². The summed E-state index contributed by atoms with van der Waals surface area (Å²) in [5.41, 5.74) is 4.43. The molecule has 0 bridgehead atoms. The molecule has 0 radical (unpaired) electrons. The third-order valence-corrected chi connectivity index (χ3v) is 6.61. The standard InChI is InChI=1S/C23H27NO2/c25-23(13-10-18-5-1-2-9-21(18)23)24-14-11-17(12-15-24)20-8-3-6-19-7-4-16-26-22(19)20/h1-3,5-6,8-9,17,25H,4,7,10-16H2. The van der Waals surface area contributed by atoms with Crippen LogP contribution in [0.4, 0.5) is 0 Å². The summed E-state index contributed by atoms with van der Waals surface area (Å²) < 4.78 is 6.04. The van der Waals surface area contributed by atoms with Crippen molar-refractivity contribution in [3.63, 3.8) is 0 Å². The summed E-state index contributed by atoms with van der Waals surface area (Å²) in [6, 6.07) is 15.1. The Hall–Kier alpha value is -1.84. The molecule has 1 aliphatic carbocycles. The highest BCUT2D eigenvalue weighted by Gasteiger charge is 2.43. The molecule has 1 saturated heterocycles. The van der Waals surface area contributed by atoms with Gasteiger partial charge in [0.2, 0.25) is 0 Å². The number of rotatable bonds is 2. The van der Waals surface area contributed by atoms with Crippen LogP contribution in [0.5, 0.6) is 5.75 Å². The zero-order chi connectivity index (χ0) is 17.6. The van der Waals surface area contributed by atoms with Gasteiger partial charge in [-0.1, -0.05) is 42.5 Å². The number of likely N-dealkylation sites (tertiary alicyclic amines) is 1. The van der Waals surface area contributed by atoms with Gasteiger partial charge in [0.25, 0.3) is 0 Å². The highest BCUT2D eigenvalue weighted by atomic mass is 16.5. The fraction of sp³-hybridized carbons (Fsp3) is 0.478. The van der Waals surface area contributed by atoms with Crippen LogP contribution in [0.2, 0.25) is 0 Å². The lowest BCUT2D eigenvalue weighted by molar-refractivity contribution is -0.123. The second-order valence-corrected chi connectivity index (χ2v) is 8.02. The summed E-state index contributed by atoms with van der Waals surface area (Å²) in [5, 5.41) is 11.4. The van der Waals surface area contributed by atoms with Crippen LogP contribution in [0.1, 0.15) is 53.9 Å². The number of benzene rings is 2. The first-order valence-electron chi connectivity index (χ1n) is 10.1. The van der Waals surface area contributed by atoms with E-state index in [1.807, 2.05) is 0 Å². The third-order valence-electron chi connectivity index (χ3n) is 6.61. The average Bonchev–Trinajstić information content (AvgIpc) is 3.06. The van der Waals surface area contributed by atoms with E-state index < -0.39 is 5.72 Å². The largest absolute Gasteiger partial charge is 0.493 e. The van der Waals surface area contributed by atoms with Crippen molar-refractivity contribution in [1.82, 2.24) is 4.90 Å². The van der Waals surface area contributed by atoms with Gasteiger partial charge in [-0.3, -0.25) is 4.90 Å². The maximum Gasteiger partial charge on any atom is 0.145 e. The summed E-state index contributed by atoms with van der Waals surface area (Å²) in [7, 11) is 0. The lowest BCUT2D eigenvalue weighted by atomic mass is 9.85. The molecular weight excluding hydrogens is 322 g/mol. The number of fused-ring (bicyclic) bond motifs is 2.